The highest BCUT2D eigenvalue weighted by Crippen LogP contribution is 2.23. The summed E-state index contributed by atoms with van der Waals surface area (Å²) in [5.74, 6) is -0.0225. The van der Waals surface area contributed by atoms with Crippen LogP contribution in [-0.4, -0.2) is 34.1 Å². The number of aromatic amines is 1. The summed E-state index contributed by atoms with van der Waals surface area (Å²) in [6, 6.07) is 6.68. The van der Waals surface area contributed by atoms with Gasteiger partial charge in [0.1, 0.15) is 11.4 Å². The SMILES string of the molecule is Cc1n[nH]c(=O)c(C(=O)N2CCC(Cc3cccc(F)c3)CC2)c1C. The number of nitrogens with one attached hydrogen (secondary N) is 1. The second-order valence-corrected chi connectivity index (χ2v) is 6.71. The summed E-state index contributed by atoms with van der Waals surface area (Å²) in [4.78, 5) is 26.5. The molecule has 1 aromatic carbocycles. The third kappa shape index (κ3) is 3.78. The number of nitrogens with zero attached hydrogens (tertiary/aromatic N) is 2. The molecule has 1 amide bonds. The summed E-state index contributed by atoms with van der Waals surface area (Å²) in [6.07, 6.45) is 2.51. The minimum Gasteiger partial charge on any atom is -0.338 e. The summed E-state index contributed by atoms with van der Waals surface area (Å²) >= 11 is 0. The number of amides is 1. The molecule has 1 fully saturated rings. The maximum atomic E-state index is 13.3. The molecule has 132 valence electrons. The minimum atomic E-state index is -0.435. The molecule has 25 heavy (non-hydrogen) atoms. The van der Waals surface area contributed by atoms with Crippen LogP contribution in [0.1, 0.15) is 40.0 Å². The molecular weight excluding hydrogens is 321 g/mol. The number of carbonyl (C=O) groups is 1. The first-order valence-corrected chi connectivity index (χ1v) is 8.55. The number of H-pyrrole nitrogens is 1. The first-order valence-electron chi connectivity index (χ1n) is 8.55. The number of aromatic nitrogens is 2. The summed E-state index contributed by atoms with van der Waals surface area (Å²) in [5.41, 5.74) is 2.03. The standard InChI is InChI=1S/C19H22FN3O2/c1-12-13(2)21-22-18(24)17(12)19(25)23-8-6-14(7-9-23)10-15-4-3-5-16(20)11-15/h3-5,11,14H,6-10H2,1-2H3,(H,22,24). The number of hydrogen-bond donors (Lipinski definition) is 1. The Morgan fingerprint density at radius 3 is 2.72 bits per heavy atom. The van der Waals surface area contributed by atoms with Gasteiger partial charge in [-0.25, -0.2) is 9.49 Å². The normalized spacial score (nSPS) is 15.4. The van der Waals surface area contributed by atoms with Gasteiger partial charge < -0.3 is 4.90 Å². The van der Waals surface area contributed by atoms with Crippen LogP contribution in [0.2, 0.25) is 0 Å². The van der Waals surface area contributed by atoms with Crippen molar-refractivity contribution in [3.8, 4) is 0 Å². The minimum absolute atomic E-state index is 0.191. The highest BCUT2D eigenvalue weighted by molar-refractivity contribution is 5.95. The third-order valence-corrected chi connectivity index (χ3v) is 5.00. The van der Waals surface area contributed by atoms with Crippen molar-refractivity contribution in [2.75, 3.05) is 13.1 Å². The summed E-state index contributed by atoms with van der Waals surface area (Å²) in [6.45, 7) is 4.74. The predicted octanol–water partition coefficient (Wildman–Crippen LogP) is 2.62. The van der Waals surface area contributed by atoms with E-state index in [1.165, 1.54) is 6.07 Å². The molecule has 5 nitrogen and oxygen atoms in total. The largest absolute Gasteiger partial charge is 0.338 e. The molecule has 0 aliphatic carbocycles. The van der Waals surface area contributed by atoms with E-state index in [1.54, 1.807) is 30.9 Å². The Balaban J connectivity index is 1.65. The van der Waals surface area contributed by atoms with Crippen LogP contribution < -0.4 is 5.56 Å². The van der Waals surface area contributed by atoms with Crippen molar-refractivity contribution in [1.29, 1.82) is 0 Å². The van der Waals surface area contributed by atoms with E-state index in [2.05, 4.69) is 10.2 Å². The van der Waals surface area contributed by atoms with Gasteiger partial charge in [-0.05, 0) is 62.3 Å². The van der Waals surface area contributed by atoms with Crippen LogP contribution in [0.3, 0.4) is 0 Å². The van der Waals surface area contributed by atoms with Crippen LogP contribution in [0.5, 0.6) is 0 Å². The maximum absolute atomic E-state index is 13.3. The highest BCUT2D eigenvalue weighted by atomic mass is 19.1. The van der Waals surface area contributed by atoms with Crippen molar-refractivity contribution in [1.82, 2.24) is 15.1 Å². The lowest BCUT2D eigenvalue weighted by molar-refractivity contribution is 0.0687. The van der Waals surface area contributed by atoms with Crippen molar-refractivity contribution < 1.29 is 9.18 Å². The van der Waals surface area contributed by atoms with E-state index in [0.29, 0.717) is 30.3 Å². The van der Waals surface area contributed by atoms with Crippen LogP contribution in [0, 0.1) is 25.6 Å². The molecule has 1 N–H and O–H groups in total. The van der Waals surface area contributed by atoms with E-state index in [4.69, 9.17) is 0 Å². The monoisotopic (exact) mass is 343 g/mol. The summed E-state index contributed by atoms with van der Waals surface area (Å²) < 4.78 is 13.3. The highest BCUT2D eigenvalue weighted by Gasteiger charge is 2.27. The molecule has 2 aromatic rings. The van der Waals surface area contributed by atoms with Crippen LogP contribution in [-0.2, 0) is 6.42 Å². The summed E-state index contributed by atoms with van der Waals surface area (Å²) in [5, 5.41) is 6.28. The Morgan fingerprint density at radius 1 is 1.32 bits per heavy atom. The fraction of sp³-hybridized carbons (Fsp3) is 0.421. The van der Waals surface area contributed by atoms with Gasteiger partial charge in [-0.15, -0.1) is 0 Å². The van der Waals surface area contributed by atoms with Gasteiger partial charge in [0.2, 0.25) is 0 Å². The average molecular weight is 343 g/mol. The zero-order valence-corrected chi connectivity index (χ0v) is 14.5. The number of piperidine rings is 1. The molecular formula is C19H22FN3O2. The Bertz CT molecular complexity index is 839. The Labute approximate surface area is 145 Å². The summed E-state index contributed by atoms with van der Waals surface area (Å²) in [7, 11) is 0. The van der Waals surface area contributed by atoms with Crippen LogP contribution in [0.4, 0.5) is 4.39 Å². The average Bonchev–Trinajstić information content (AvgIpc) is 2.59. The van der Waals surface area contributed by atoms with E-state index < -0.39 is 5.56 Å². The van der Waals surface area contributed by atoms with Gasteiger partial charge in [0.05, 0.1) is 5.69 Å². The van der Waals surface area contributed by atoms with Crippen LogP contribution >= 0.6 is 0 Å². The van der Waals surface area contributed by atoms with Crippen LogP contribution in [0.25, 0.3) is 0 Å². The van der Waals surface area contributed by atoms with Gasteiger partial charge in [0.15, 0.2) is 0 Å². The smallest absolute Gasteiger partial charge is 0.277 e. The zero-order chi connectivity index (χ0) is 18.0. The van der Waals surface area contributed by atoms with Gasteiger partial charge in [0.25, 0.3) is 11.5 Å². The van der Waals surface area contributed by atoms with Crippen LogP contribution in [0.15, 0.2) is 29.1 Å². The van der Waals surface area contributed by atoms with Gasteiger partial charge in [0, 0.05) is 13.1 Å². The Hall–Kier alpha value is -2.50. The first-order chi connectivity index (χ1) is 12.0. The van der Waals surface area contributed by atoms with Gasteiger partial charge >= 0.3 is 0 Å². The second-order valence-electron chi connectivity index (χ2n) is 6.71. The predicted molar refractivity (Wildman–Crippen MR) is 93.1 cm³/mol. The molecule has 0 bridgehead atoms. The number of benzene rings is 1. The van der Waals surface area contributed by atoms with Gasteiger partial charge in [-0.1, -0.05) is 12.1 Å². The molecule has 1 aliphatic rings. The first kappa shape index (κ1) is 17.3. The topological polar surface area (TPSA) is 66.1 Å². The van der Waals surface area contributed by atoms with Gasteiger partial charge in [-0.2, -0.15) is 5.10 Å². The molecule has 0 atom stereocenters. The van der Waals surface area contributed by atoms with Crippen molar-refractivity contribution >= 4 is 5.91 Å². The number of halogens is 1. The second kappa shape index (κ2) is 7.17. The van der Waals surface area contributed by atoms with E-state index >= 15 is 0 Å². The number of carbonyl (C=O) groups excluding carboxylic acids is 1. The molecule has 6 heteroatoms. The maximum Gasteiger partial charge on any atom is 0.277 e. The molecule has 3 rings (SSSR count). The van der Waals surface area contributed by atoms with E-state index in [1.807, 2.05) is 6.07 Å². The molecule has 0 unspecified atom stereocenters. The van der Waals surface area contributed by atoms with E-state index in [9.17, 15) is 14.0 Å². The molecule has 1 aromatic heterocycles. The fourth-order valence-electron chi connectivity index (χ4n) is 3.38. The Morgan fingerprint density at radius 2 is 2.04 bits per heavy atom. The lowest BCUT2D eigenvalue weighted by Gasteiger charge is -2.32. The Kier molecular flexibility index (Phi) is 4.97. The number of aryl methyl sites for hydroxylation is 1. The lowest BCUT2D eigenvalue weighted by atomic mass is 9.90. The quantitative estimate of drug-likeness (QED) is 0.932. The zero-order valence-electron chi connectivity index (χ0n) is 14.5. The van der Waals surface area contributed by atoms with Gasteiger partial charge in [-0.3, -0.25) is 9.59 Å². The fourth-order valence-corrected chi connectivity index (χ4v) is 3.38. The van der Waals surface area contributed by atoms with E-state index in [0.717, 1.165) is 24.8 Å². The van der Waals surface area contributed by atoms with Crippen molar-refractivity contribution in [3.63, 3.8) is 0 Å². The number of hydrogen-bond acceptors (Lipinski definition) is 3. The van der Waals surface area contributed by atoms with Crippen molar-refractivity contribution in [2.45, 2.75) is 33.1 Å². The molecule has 0 spiro atoms. The molecule has 0 saturated carbocycles. The number of likely N-dealkylation sites (tertiary alicyclic amines) is 1. The molecule has 1 aliphatic heterocycles. The van der Waals surface area contributed by atoms with Crippen molar-refractivity contribution in [2.24, 2.45) is 5.92 Å². The number of rotatable bonds is 3. The van der Waals surface area contributed by atoms with E-state index in [-0.39, 0.29) is 17.3 Å². The molecule has 1 saturated heterocycles. The lowest BCUT2D eigenvalue weighted by Crippen LogP contribution is -2.41. The van der Waals surface area contributed by atoms with Crippen molar-refractivity contribution in [3.05, 3.63) is 62.8 Å². The third-order valence-electron chi connectivity index (χ3n) is 5.00. The molecule has 0 radical (unpaired) electrons. The molecule has 2 heterocycles.